The minimum absolute atomic E-state index is 0.0436. The normalized spacial score (nSPS) is 19.7. The van der Waals surface area contributed by atoms with Gasteiger partial charge in [-0.25, -0.2) is 0 Å². The summed E-state index contributed by atoms with van der Waals surface area (Å²) in [7, 11) is 4.44. The third-order valence-corrected chi connectivity index (χ3v) is 10.3. The molecule has 3 aromatic rings. The largest absolute Gasteiger partial charge is 0.490 e. The molecule has 1 N–H and O–H groups in total. The number of nitrogens with zero attached hydrogens (tertiary/aromatic N) is 3. The Hall–Kier alpha value is -3.91. The Labute approximate surface area is 307 Å². The smallest absolute Gasteiger partial charge is 0.254 e. The number of hydrogen-bond donors (Lipinski definition) is 1. The molecule has 0 aliphatic carbocycles. The number of likely N-dealkylation sites (tertiary alicyclic amines) is 2. The van der Waals surface area contributed by atoms with Crippen LogP contribution >= 0.6 is 0 Å². The maximum Gasteiger partial charge on any atom is 0.254 e. The van der Waals surface area contributed by atoms with Gasteiger partial charge in [0, 0.05) is 43.7 Å². The van der Waals surface area contributed by atoms with Gasteiger partial charge in [0.05, 0.1) is 13.2 Å². The molecule has 51 heavy (non-hydrogen) atoms. The predicted molar refractivity (Wildman–Crippen MR) is 212 cm³/mol. The lowest BCUT2D eigenvalue weighted by Crippen LogP contribution is -2.37. The molecule has 3 aliphatic rings. The summed E-state index contributed by atoms with van der Waals surface area (Å²) in [5.74, 6) is 1.43. The molecule has 0 aromatic heterocycles. The maximum absolute atomic E-state index is 13.6. The number of rotatable bonds is 13. The number of nitrogens with one attached hydrogen (secondary N) is 1. The van der Waals surface area contributed by atoms with Crippen LogP contribution in [0.1, 0.15) is 80.3 Å². The van der Waals surface area contributed by atoms with E-state index < -0.39 is 0 Å². The van der Waals surface area contributed by atoms with Crippen molar-refractivity contribution < 1.29 is 14.3 Å². The quantitative estimate of drug-likeness (QED) is 0.183. The Bertz CT molecular complexity index is 1560. The van der Waals surface area contributed by atoms with E-state index in [1.165, 1.54) is 55.4 Å². The van der Waals surface area contributed by atoms with Gasteiger partial charge in [-0.2, -0.15) is 0 Å². The summed E-state index contributed by atoms with van der Waals surface area (Å²) < 4.78 is 11.6. The molecule has 0 saturated carbocycles. The molecule has 6 rings (SSSR count). The molecular weight excluding hydrogens is 633 g/mol. The number of carbonyl (C=O) groups excluding carboxylic acids is 1. The first-order chi connectivity index (χ1) is 24.9. The molecule has 2 unspecified atom stereocenters. The topological polar surface area (TPSA) is 57.3 Å². The fourth-order valence-electron chi connectivity index (χ4n) is 7.34. The van der Waals surface area contributed by atoms with Crippen LogP contribution in [0.5, 0.6) is 11.5 Å². The summed E-state index contributed by atoms with van der Waals surface area (Å²) in [6.07, 6.45) is 12.7. The fourth-order valence-corrected chi connectivity index (χ4v) is 7.34. The van der Waals surface area contributed by atoms with E-state index in [4.69, 9.17) is 9.47 Å². The summed E-state index contributed by atoms with van der Waals surface area (Å²) in [5, 5.41) is 3.56. The van der Waals surface area contributed by atoms with Crippen molar-refractivity contribution in [2.45, 2.75) is 70.9 Å². The van der Waals surface area contributed by atoms with Gasteiger partial charge >= 0.3 is 0 Å². The van der Waals surface area contributed by atoms with Gasteiger partial charge in [-0.15, -0.1) is 0 Å². The third kappa shape index (κ3) is 12.4. The van der Waals surface area contributed by atoms with Crippen molar-refractivity contribution in [2.75, 3.05) is 66.6 Å². The first kappa shape index (κ1) is 38.3. The second kappa shape index (κ2) is 20.2. The van der Waals surface area contributed by atoms with Gasteiger partial charge in [-0.05, 0) is 115 Å². The second-order valence-electron chi connectivity index (χ2n) is 14.5. The SMILES string of the molecule is C/C(=C\c1ccccc1)CN(CCC1CCCN1C)C(=O)c1ccc2c(c1)OCCCO2.C/C(=C\c1ccccc1)CNCCC1CCCN1C. The fraction of sp³-hybridized carbons (Fsp3) is 0.477. The number of carbonyl (C=O) groups is 1. The van der Waals surface area contributed by atoms with Crippen molar-refractivity contribution in [3.05, 3.63) is 107 Å². The minimum Gasteiger partial charge on any atom is -0.490 e. The van der Waals surface area contributed by atoms with E-state index in [2.05, 4.69) is 97.7 Å². The van der Waals surface area contributed by atoms with Crippen LogP contribution in [-0.2, 0) is 0 Å². The van der Waals surface area contributed by atoms with Gasteiger partial charge in [0.2, 0.25) is 0 Å². The van der Waals surface area contributed by atoms with Gasteiger partial charge < -0.3 is 29.5 Å². The molecule has 2 fully saturated rings. The Balaban J connectivity index is 0.000000226. The molecule has 0 bridgehead atoms. The highest BCUT2D eigenvalue weighted by Gasteiger charge is 2.25. The van der Waals surface area contributed by atoms with E-state index >= 15 is 0 Å². The van der Waals surface area contributed by atoms with Crippen LogP contribution in [0.3, 0.4) is 0 Å². The van der Waals surface area contributed by atoms with E-state index in [9.17, 15) is 4.79 Å². The zero-order valence-electron chi connectivity index (χ0n) is 31.5. The van der Waals surface area contributed by atoms with Crippen molar-refractivity contribution in [1.82, 2.24) is 20.0 Å². The molecule has 2 saturated heterocycles. The van der Waals surface area contributed by atoms with Crippen LogP contribution in [0.15, 0.2) is 90.0 Å². The molecule has 3 heterocycles. The van der Waals surface area contributed by atoms with Crippen molar-refractivity contribution in [3.8, 4) is 11.5 Å². The average Bonchev–Trinajstić information content (AvgIpc) is 3.67. The molecular formula is C44H60N4O3. The van der Waals surface area contributed by atoms with Gasteiger partial charge in [0.15, 0.2) is 11.5 Å². The molecule has 0 radical (unpaired) electrons. The number of hydrogen-bond acceptors (Lipinski definition) is 6. The Morgan fingerprint density at radius 3 is 1.96 bits per heavy atom. The summed E-state index contributed by atoms with van der Waals surface area (Å²) in [4.78, 5) is 20.5. The van der Waals surface area contributed by atoms with Crippen LogP contribution in [0.2, 0.25) is 0 Å². The number of fused-ring (bicyclic) bond motifs is 1. The molecule has 3 aromatic carbocycles. The van der Waals surface area contributed by atoms with Crippen LogP contribution < -0.4 is 14.8 Å². The van der Waals surface area contributed by atoms with Crippen LogP contribution in [0.4, 0.5) is 0 Å². The monoisotopic (exact) mass is 692 g/mol. The zero-order chi connectivity index (χ0) is 35.8. The second-order valence-corrected chi connectivity index (χ2v) is 14.5. The van der Waals surface area contributed by atoms with Gasteiger partial charge in [0.25, 0.3) is 5.91 Å². The molecule has 2 atom stereocenters. The number of amides is 1. The van der Waals surface area contributed by atoms with Crippen LogP contribution in [0.25, 0.3) is 12.2 Å². The number of benzene rings is 3. The summed E-state index contributed by atoms with van der Waals surface area (Å²) >= 11 is 0. The van der Waals surface area contributed by atoms with E-state index in [0.717, 1.165) is 56.4 Å². The maximum atomic E-state index is 13.6. The highest BCUT2D eigenvalue weighted by atomic mass is 16.5. The third-order valence-electron chi connectivity index (χ3n) is 10.3. The molecule has 7 nitrogen and oxygen atoms in total. The zero-order valence-corrected chi connectivity index (χ0v) is 31.5. The van der Waals surface area contributed by atoms with Crippen molar-refractivity contribution in [2.24, 2.45) is 0 Å². The summed E-state index contributed by atoms with van der Waals surface area (Å²) in [6, 6.07) is 27.7. The predicted octanol–water partition coefficient (Wildman–Crippen LogP) is 8.04. The highest BCUT2D eigenvalue weighted by Crippen LogP contribution is 2.31. The van der Waals surface area contributed by atoms with E-state index in [-0.39, 0.29) is 5.91 Å². The minimum atomic E-state index is 0.0436. The standard InChI is InChI=1S/C27H34N2O3.C17H26N2/c1-21(18-22-8-4-3-5-9-22)20-29(15-13-24-10-6-14-28(24)2)27(30)23-11-12-25-26(19-23)32-17-7-16-31-25;1-15(13-16-7-4-3-5-8-16)14-18-11-10-17-9-6-12-19(17)2/h3-5,8-9,11-12,18-19,24H,6-7,10,13-17,20H2,1-2H3;3-5,7-8,13,17-18H,6,9-12,14H2,1-2H3/b21-18+;15-13+. The van der Waals surface area contributed by atoms with E-state index in [1.54, 1.807) is 0 Å². The molecule has 0 spiro atoms. The highest BCUT2D eigenvalue weighted by molar-refractivity contribution is 5.95. The first-order valence-electron chi connectivity index (χ1n) is 19.1. The lowest BCUT2D eigenvalue weighted by molar-refractivity contribution is 0.0757. The molecule has 7 heteroatoms. The van der Waals surface area contributed by atoms with Crippen molar-refractivity contribution >= 4 is 18.1 Å². The van der Waals surface area contributed by atoms with Crippen LogP contribution in [-0.4, -0.2) is 99.3 Å². The van der Waals surface area contributed by atoms with Crippen molar-refractivity contribution in [3.63, 3.8) is 0 Å². The molecule has 274 valence electrons. The Morgan fingerprint density at radius 2 is 1.35 bits per heavy atom. The summed E-state index contributed by atoms with van der Waals surface area (Å²) in [5.41, 5.74) is 5.66. The van der Waals surface area contributed by atoms with Crippen LogP contribution in [0, 0.1) is 0 Å². The lowest BCUT2D eigenvalue weighted by Gasteiger charge is -2.27. The lowest BCUT2D eigenvalue weighted by atomic mass is 10.1. The summed E-state index contributed by atoms with van der Waals surface area (Å²) in [6.45, 7) is 11.4. The molecule has 1 amide bonds. The van der Waals surface area contributed by atoms with E-state index in [1.807, 2.05) is 41.3 Å². The first-order valence-corrected chi connectivity index (χ1v) is 19.1. The van der Waals surface area contributed by atoms with Gasteiger partial charge in [-0.3, -0.25) is 4.79 Å². The Kier molecular flexibility index (Phi) is 15.2. The average molecular weight is 693 g/mol. The molecule has 3 aliphatic heterocycles. The van der Waals surface area contributed by atoms with E-state index in [0.29, 0.717) is 37.1 Å². The van der Waals surface area contributed by atoms with Gasteiger partial charge in [-0.1, -0.05) is 84.0 Å². The Morgan fingerprint density at radius 1 is 0.765 bits per heavy atom. The van der Waals surface area contributed by atoms with Gasteiger partial charge in [0.1, 0.15) is 0 Å². The van der Waals surface area contributed by atoms with Crippen molar-refractivity contribution in [1.29, 1.82) is 0 Å². The number of ether oxygens (including phenoxy) is 2.